The van der Waals surface area contributed by atoms with Crippen molar-refractivity contribution in [1.29, 1.82) is 0 Å². The van der Waals surface area contributed by atoms with Crippen molar-refractivity contribution in [3.8, 4) is 5.75 Å². The number of hydrogen-bond donors (Lipinski definition) is 1. The Morgan fingerprint density at radius 1 is 1.14 bits per heavy atom. The van der Waals surface area contributed by atoms with Crippen molar-refractivity contribution < 1.29 is 4.74 Å². The van der Waals surface area contributed by atoms with Gasteiger partial charge in [0.1, 0.15) is 5.75 Å². The van der Waals surface area contributed by atoms with E-state index in [2.05, 4.69) is 21.2 Å². The zero-order chi connectivity index (χ0) is 15.4. The van der Waals surface area contributed by atoms with Crippen molar-refractivity contribution in [2.24, 2.45) is 0 Å². The van der Waals surface area contributed by atoms with Crippen LogP contribution in [0.3, 0.4) is 0 Å². The van der Waals surface area contributed by atoms with E-state index in [0.29, 0.717) is 16.7 Å². The van der Waals surface area contributed by atoms with E-state index in [1.54, 1.807) is 6.07 Å². The molecule has 1 unspecified atom stereocenters. The van der Waals surface area contributed by atoms with Crippen molar-refractivity contribution in [3.63, 3.8) is 0 Å². The van der Waals surface area contributed by atoms with Crippen molar-refractivity contribution in [1.82, 2.24) is 5.32 Å². The number of nitrogens with one attached hydrogen (secondary N) is 1. The van der Waals surface area contributed by atoms with Gasteiger partial charge in [-0.05, 0) is 55.4 Å². The molecule has 0 saturated carbocycles. The lowest BCUT2D eigenvalue weighted by atomic mass is 9.99. The molecule has 1 N–H and O–H groups in total. The summed E-state index contributed by atoms with van der Waals surface area (Å²) >= 11 is 15.8. The Morgan fingerprint density at radius 2 is 1.81 bits per heavy atom. The van der Waals surface area contributed by atoms with Gasteiger partial charge in [0.2, 0.25) is 0 Å². The van der Waals surface area contributed by atoms with Crippen LogP contribution >= 0.6 is 39.1 Å². The fraction of sp³-hybridized carbons (Fsp3) is 0.250. The maximum atomic E-state index is 6.10. The highest BCUT2D eigenvalue weighted by atomic mass is 79.9. The van der Waals surface area contributed by atoms with Crippen molar-refractivity contribution in [2.75, 3.05) is 13.7 Å². The van der Waals surface area contributed by atoms with Crippen LogP contribution in [0.25, 0.3) is 0 Å². The van der Waals surface area contributed by atoms with Gasteiger partial charge < -0.3 is 10.1 Å². The minimum Gasteiger partial charge on any atom is -0.494 e. The standard InChI is InChI=1S/C16H16BrCl2NO/c1-3-21-13-4-5-14(15(17)9-13)16(20-2)10-6-11(18)8-12(19)7-10/h4-9,16,20H,3H2,1-2H3. The van der Waals surface area contributed by atoms with Crippen LogP contribution in [-0.4, -0.2) is 13.7 Å². The Hall–Kier alpha value is -0.740. The Balaban J connectivity index is 2.41. The molecule has 112 valence electrons. The number of rotatable bonds is 5. The van der Waals surface area contributed by atoms with Crippen molar-refractivity contribution in [2.45, 2.75) is 13.0 Å². The van der Waals surface area contributed by atoms with E-state index in [1.165, 1.54) is 0 Å². The molecule has 0 aliphatic rings. The Bertz CT molecular complexity index is 613. The van der Waals surface area contributed by atoms with Crippen LogP contribution in [0.1, 0.15) is 24.1 Å². The normalized spacial score (nSPS) is 12.2. The van der Waals surface area contributed by atoms with Gasteiger partial charge >= 0.3 is 0 Å². The summed E-state index contributed by atoms with van der Waals surface area (Å²) in [6.07, 6.45) is 0. The predicted octanol–water partition coefficient (Wildman–Crippen LogP) is 5.46. The second kappa shape index (κ2) is 7.50. The van der Waals surface area contributed by atoms with Crippen LogP contribution < -0.4 is 10.1 Å². The fourth-order valence-corrected chi connectivity index (χ4v) is 3.37. The molecule has 0 heterocycles. The molecule has 0 aliphatic heterocycles. The van der Waals surface area contributed by atoms with Gasteiger partial charge in [-0.1, -0.05) is 45.2 Å². The topological polar surface area (TPSA) is 21.3 Å². The summed E-state index contributed by atoms with van der Waals surface area (Å²) < 4.78 is 6.48. The van der Waals surface area contributed by atoms with Crippen LogP contribution in [0.15, 0.2) is 40.9 Å². The quantitative estimate of drug-likeness (QED) is 0.733. The van der Waals surface area contributed by atoms with E-state index in [4.69, 9.17) is 27.9 Å². The molecule has 0 spiro atoms. The highest BCUT2D eigenvalue weighted by molar-refractivity contribution is 9.10. The maximum absolute atomic E-state index is 6.10. The van der Waals surface area contributed by atoms with Gasteiger partial charge in [0.05, 0.1) is 12.6 Å². The summed E-state index contributed by atoms with van der Waals surface area (Å²) in [4.78, 5) is 0. The molecule has 0 aliphatic carbocycles. The first kappa shape index (κ1) is 16.6. The zero-order valence-corrected chi connectivity index (χ0v) is 14.9. The Morgan fingerprint density at radius 3 is 2.33 bits per heavy atom. The molecule has 0 aromatic heterocycles. The monoisotopic (exact) mass is 387 g/mol. The van der Waals surface area contributed by atoms with E-state index in [0.717, 1.165) is 21.3 Å². The molecule has 2 nitrogen and oxygen atoms in total. The Kier molecular flexibility index (Phi) is 5.94. The lowest BCUT2D eigenvalue weighted by molar-refractivity contribution is 0.340. The fourth-order valence-electron chi connectivity index (χ4n) is 2.24. The summed E-state index contributed by atoms with van der Waals surface area (Å²) in [5.74, 6) is 0.840. The van der Waals surface area contributed by atoms with E-state index >= 15 is 0 Å². The van der Waals surface area contributed by atoms with E-state index < -0.39 is 0 Å². The molecule has 2 rings (SSSR count). The molecule has 21 heavy (non-hydrogen) atoms. The summed E-state index contributed by atoms with van der Waals surface area (Å²) in [5, 5.41) is 4.54. The van der Waals surface area contributed by atoms with Crippen LogP contribution in [0.5, 0.6) is 5.75 Å². The lowest BCUT2D eigenvalue weighted by Crippen LogP contribution is -2.18. The summed E-state index contributed by atoms with van der Waals surface area (Å²) in [7, 11) is 1.91. The lowest BCUT2D eigenvalue weighted by Gasteiger charge is -2.20. The minimum atomic E-state index is -0.00810. The maximum Gasteiger partial charge on any atom is 0.120 e. The molecule has 0 fully saturated rings. The summed E-state index contributed by atoms with van der Waals surface area (Å²) in [6, 6.07) is 11.5. The van der Waals surface area contributed by atoms with Crippen LogP contribution in [0.4, 0.5) is 0 Å². The molecule has 2 aromatic rings. The third-order valence-electron chi connectivity index (χ3n) is 3.10. The average Bonchev–Trinajstić information content (AvgIpc) is 2.41. The second-order valence-electron chi connectivity index (χ2n) is 4.54. The summed E-state index contributed by atoms with van der Waals surface area (Å²) in [5.41, 5.74) is 2.11. The van der Waals surface area contributed by atoms with E-state index in [9.17, 15) is 0 Å². The second-order valence-corrected chi connectivity index (χ2v) is 6.27. The van der Waals surface area contributed by atoms with Crippen LogP contribution in [-0.2, 0) is 0 Å². The Labute approximate surface area is 143 Å². The zero-order valence-electron chi connectivity index (χ0n) is 11.8. The van der Waals surface area contributed by atoms with Crippen LogP contribution in [0, 0.1) is 0 Å². The van der Waals surface area contributed by atoms with Gasteiger partial charge in [0.25, 0.3) is 0 Å². The smallest absolute Gasteiger partial charge is 0.120 e. The average molecular weight is 389 g/mol. The number of halogens is 3. The largest absolute Gasteiger partial charge is 0.494 e. The molecular formula is C16H16BrCl2NO. The molecular weight excluding hydrogens is 373 g/mol. The van der Waals surface area contributed by atoms with Gasteiger partial charge in [0.15, 0.2) is 0 Å². The third kappa shape index (κ3) is 4.13. The van der Waals surface area contributed by atoms with E-state index in [1.807, 2.05) is 44.3 Å². The van der Waals surface area contributed by atoms with Gasteiger partial charge in [0, 0.05) is 14.5 Å². The SMILES string of the molecule is CCOc1ccc(C(NC)c2cc(Cl)cc(Cl)c2)c(Br)c1. The molecule has 0 radical (unpaired) electrons. The van der Waals surface area contributed by atoms with Crippen molar-refractivity contribution >= 4 is 39.1 Å². The highest BCUT2D eigenvalue weighted by Crippen LogP contribution is 2.33. The number of hydrogen-bond acceptors (Lipinski definition) is 2. The predicted molar refractivity (Wildman–Crippen MR) is 92.7 cm³/mol. The highest BCUT2D eigenvalue weighted by Gasteiger charge is 2.16. The molecule has 5 heteroatoms. The molecule has 0 saturated heterocycles. The minimum absolute atomic E-state index is 0.00810. The number of benzene rings is 2. The van der Waals surface area contributed by atoms with Gasteiger partial charge in [-0.2, -0.15) is 0 Å². The first-order chi connectivity index (χ1) is 10.0. The van der Waals surface area contributed by atoms with Gasteiger partial charge in [-0.3, -0.25) is 0 Å². The van der Waals surface area contributed by atoms with E-state index in [-0.39, 0.29) is 6.04 Å². The molecule has 0 amide bonds. The van der Waals surface area contributed by atoms with Crippen molar-refractivity contribution in [3.05, 3.63) is 62.0 Å². The van der Waals surface area contributed by atoms with Crippen LogP contribution in [0.2, 0.25) is 10.0 Å². The first-order valence-electron chi connectivity index (χ1n) is 6.60. The number of ether oxygens (including phenoxy) is 1. The third-order valence-corrected chi connectivity index (χ3v) is 4.22. The summed E-state index contributed by atoms with van der Waals surface area (Å²) in [6.45, 7) is 2.61. The molecule has 2 aromatic carbocycles. The molecule has 0 bridgehead atoms. The first-order valence-corrected chi connectivity index (χ1v) is 8.15. The van der Waals surface area contributed by atoms with Gasteiger partial charge in [-0.15, -0.1) is 0 Å². The molecule has 1 atom stereocenters. The van der Waals surface area contributed by atoms with Gasteiger partial charge in [-0.25, -0.2) is 0 Å².